The van der Waals surface area contributed by atoms with Gasteiger partial charge in [0.1, 0.15) is 0 Å². The van der Waals surface area contributed by atoms with Crippen LogP contribution in [0.5, 0.6) is 0 Å². The monoisotopic (exact) mass is 382 g/mol. The fourth-order valence-corrected chi connectivity index (χ4v) is 4.18. The van der Waals surface area contributed by atoms with E-state index in [9.17, 15) is 4.79 Å². The zero-order valence-electron chi connectivity index (χ0n) is 16.9. The Hall–Kier alpha value is -3.20. The van der Waals surface area contributed by atoms with Crippen molar-refractivity contribution in [1.82, 2.24) is 5.43 Å². The van der Waals surface area contributed by atoms with Crippen LogP contribution in [0.25, 0.3) is 0 Å². The van der Waals surface area contributed by atoms with Crippen molar-refractivity contribution in [2.75, 3.05) is 0 Å². The first-order chi connectivity index (χ1) is 14.1. The largest absolute Gasteiger partial charge is 0.273 e. The summed E-state index contributed by atoms with van der Waals surface area (Å²) in [6.45, 7) is 4.18. The van der Waals surface area contributed by atoms with Gasteiger partial charge in [-0.15, -0.1) is 0 Å². The van der Waals surface area contributed by atoms with E-state index >= 15 is 0 Å². The summed E-state index contributed by atoms with van der Waals surface area (Å²) in [5.74, 6) is 0.0666. The molecule has 1 atom stereocenters. The van der Waals surface area contributed by atoms with Crippen molar-refractivity contribution in [2.24, 2.45) is 16.9 Å². The molecule has 4 rings (SSSR count). The van der Waals surface area contributed by atoms with E-state index in [1.807, 2.05) is 66.7 Å². The Kier molecular flexibility index (Phi) is 5.30. The lowest BCUT2D eigenvalue weighted by Gasteiger charge is -2.18. The Balaban J connectivity index is 1.61. The van der Waals surface area contributed by atoms with Crippen molar-refractivity contribution in [3.63, 3.8) is 0 Å². The highest BCUT2D eigenvalue weighted by Crippen LogP contribution is 2.58. The van der Waals surface area contributed by atoms with Gasteiger partial charge in [-0.2, -0.15) is 5.10 Å². The van der Waals surface area contributed by atoms with Gasteiger partial charge in [-0.05, 0) is 29.0 Å². The molecule has 0 aromatic heterocycles. The third-order valence-corrected chi connectivity index (χ3v) is 5.76. The number of nitrogens with one attached hydrogen (secondary N) is 1. The zero-order chi connectivity index (χ0) is 20.3. The van der Waals surface area contributed by atoms with Crippen LogP contribution in [0.3, 0.4) is 0 Å². The Labute approximate surface area is 172 Å². The molecule has 3 nitrogen and oxygen atoms in total. The maximum Gasteiger partial charge on any atom is 0.244 e. The van der Waals surface area contributed by atoms with Gasteiger partial charge in [0, 0.05) is 5.41 Å². The van der Waals surface area contributed by atoms with Crippen LogP contribution >= 0.6 is 0 Å². The van der Waals surface area contributed by atoms with Gasteiger partial charge in [-0.3, -0.25) is 4.79 Å². The van der Waals surface area contributed by atoms with Crippen molar-refractivity contribution in [1.29, 1.82) is 0 Å². The van der Waals surface area contributed by atoms with Crippen molar-refractivity contribution < 1.29 is 4.79 Å². The first kappa shape index (κ1) is 19.1. The van der Waals surface area contributed by atoms with Gasteiger partial charge in [-0.1, -0.05) is 105 Å². The van der Waals surface area contributed by atoms with E-state index in [1.54, 1.807) is 0 Å². The quantitative estimate of drug-likeness (QED) is 0.464. The van der Waals surface area contributed by atoms with Gasteiger partial charge in [0.05, 0.1) is 11.6 Å². The first-order valence-electron chi connectivity index (χ1n) is 10.2. The number of benzene rings is 3. The second kappa shape index (κ2) is 8.04. The van der Waals surface area contributed by atoms with E-state index in [0.29, 0.717) is 0 Å². The number of rotatable bonds is 6. The highest BCUT2D eigenvalue weighted by molar-refractivity contribution is 6.02. The number of carbonyl (C=O) groups excluding carboxylic acids is 1. The van der Waals surface area contributed by atoms with E-state index < -0.39 is 0 Å². The minimum atomic E-state index is -0.271. The summed E-state index contributed by atoms with van der Waals surface area (Å²) in [5.41, 5.74) is 6.89. The molecular weight excluding hydrogens is 356 g/mol. The molecule has 0 bridgehead atoms. The molecule has 1 amide bonds. The molecular formula is C26H26N2O. The molecule has 3 aromatic carbocycles. The molecule has 1 aliphatic carbocycles. The molecule has 0 saturated heterocycles. The van der Waals surface area contributed by atoms with Crippen LogP contribution in [0.1, 0.15) is 37.0 Å². The normalized spacial score (nSPS) is 17.8. The third kappa shape index (κ3) is 3.73. The van der Waals surface area contributed by atoms with Gasteiger partial charge in [0.15, 0.2) is 0 Å². The highest BCUT2D eigenvalue weighted by atomic mass is 16.2. The van der Waals surface area contributed by atoms with Crippen LogP contribution in [0.4, 0.5) is 0 Å². The molecule has 0 radical (unpaired) electrons. The molecule has 0 heterocycles. The molecule has 0 unspecified atom stereocenters. The average molecular weight is 383 g/mol. The summed E-state index contributed by atoms with van der Waals surface area (Å²) in [5, 5.41) is 4.52. The molecule has 1 aliphatic rings. The summed E-state index contributed by atoms with van der Waals surface area (Å²) >= 11 is 0. The fraction of sp³-hybridized carbons (Fsp3) is 0.231. The number of hydrogen-bond donors (Lipinski definition) is 1. The van der Waals surface area contributed by atoms with Crippen LogP contribution in [0, 0.1) is 11.8 Å². The van der Waals surface area contributed by atoms with Crippen LogP contribution in [0.2, 0.25) is 0 Å². The number of amides is 1. The summed E-state index contributed by atoms with van der Waals surface area (Å²) in [4.78, 5) is 13.1. The summed E-state index contributed by atoms with van der Waals surface area (Å²) in [6.07, 6.45) is 0.796. The minimum Gasteiger partial charge on any atom is -0.273 e. The molecule has 3 heteroatoms. The van der Waals surface area contributed by atoms with Crippen LogP contribution in [0.15, 0.2) is 96.1 Å². The predicted octanol–water partition coefficient (Wildman–Crippen LogP) is 5.17. The maximum atomic E-state index is 13.1. The molecule has 1 saturated carbocycles. The second-order valence-corrected chi connectivity index (χ2v) is 7.95. The number of hydrazone groups is 1. The topological polar surface area (TPSA) is 41.5 Å². The maximum absolute atomic E-state index is 13.1. The van der Waals surface area contributed by atoms with E-state index in [0.717, 1.165) is 17.7 Å². The average Bonchev–Trinajstić information content (AvgIpc) is 3.53. The van der Waals surface area contributed by atoms with E-state index in [1.165, 1.54) is 11.1 Å². The standard InChI is InChI=1S/C26H26N2O/c1-19(2)24(20-12-6-3-7-13-20)27-28-25(29)23-18-26(23,21-14-8-4-9-15-21)22-16-10-5-11-17-22/h3-17,19,23H,18H2,1-2H3,(H,28,29)/b27-24-/t23-/m1/s1. The van der Waals surface area contributed by atoms with E-state index in [2.05, 4.69) is 48.6 Å². The molecule has 3 aromatic rings. The molecule has 1 fully saturated rings. The van der Waals surface area contributed by atoms with Crippen molar-refractivity contribution in [2.45, 2.75) is 25.7 Å². The zero-order valence-corrected chi connectivity index (χ0v) is 16.9. The SMILES string of the molecule is CC(C)/C(=N/NC(=O)[C@H]1CC1(c1ccccc1)c1ccccc1)c1ccccc1. The molecule has 0 spiro atoms. The smallest absolute Gasteiger partial charge is 0.244 e. The molecule has 29 heavy (non-hydrogen) atoms. The molecule has 0 aliphatic heterocycles. The lowest BCUT2D eigenvalue weighted by Crippen LogP contribution is -2.27. The minimum absolute atomic E-state index is 0.0215. The van der Waals surface area contributed by atoms with Gasteiger partial charge in [0.2, 0.25) is 5.91 Å². The Morgan fingerprint density at radius 3 is 1.83 bits per heavy atom. The summed E-state index contributed by atoms with van der Waals surface area (Å²) < 4.78 is 0. The third-order valence-electron chi connectivity index (χ3n) is 5.76. The number of hydrogen-bond acceptors (Lipinski definition) is 2. The predicted molar refractivity (Wildman–Crippen MR) is 118 cm³/mol. The number of carbonyl (C=O) groups is 1. The second-order valence-electron chi connectivity index (χ2n) is 7.95. The number of nitrogens with zero attached hydrogens (tertiary/aromatic N) is 1. The molecule has 146 valence electrons. The van der Waals surface area contributed by atoms with Crippen molar-refractivity contribution >= 4 is 11.6 Å². The van der Waals surface area contributed by atoms with E-state index in [4.69, 9.17) is 0 Å². The van der Waals surface area contributed by atoms with Crippen molar-refractivity contribution in [3.8, 4) is 0 Å². The highest BCUT2D eigenvalue weighted by Gasteiger charge is 2.60. The van der Waals surface area contributed by atoms with Gasteiger partial charge < -0.3 is 0 Å². The Bertz CT molecular complexity index is 955. The van der Waals surface area contributed by atoms with Crippen LogP contribution < -0.4 is 5.43 Å². The first-order valence-corrected chi connectivity index (χ1v) is 10.2. The van der Waals surface area contributed by atoms with E-state index in [-0.39, 0.29) is 23.2 Å². The Morgan fingerprint density at radius 1 is 0.862 bits per heavy atom. The fourth-order valence-electron chi connectivity index (χ4n) is 4.18. The summed E-state index contributed by atoms with van der Waals surface area (Å²) in [6, 6.07) is 30.7. The van der Waals surface area contributed by atoms with Crippen LogP contribution in [-0.2, 0) is 10.2 Å². The molecule has 1 N–H and O–H groups in total. The van der Waals surface area contributed by atoms with Crippen LogP contribution in [-0.4, -0.2) is 11.6 Å². The van der Waals surface area contributed by atoms with Gasteiger partial charge in [-0.25, -0.2) is 5.43 Å². The lowest BCUT2D eigenvalue weighted by molar-refractivity contribution is -0.122. The summed E-state index contributed by atoms with van der Waals surface area (Å²) in [7, 11) is 0. The van der Waals surface area contributed by atoms with Gasteiger partial charge in [0.25, 0.3) is 0 Å². The van der Waals surface area contributed by atoms with Gasteiger partial charge >= 0.3 is 0 Å². The Morgan fingerprint density at radius 2 is 1.34 bits per heavy atom. The van der Waals surface area contributed by atoms with Crippen molar-refractivity contribution in [3.05, 3.63) is 108 Å². The lowest BCUT2D eigenvalue weighted by atomic mass is 9.85.